The molecule has 2 N–H and O–H groups in total. The quantitative estimate of drug-likeness (QED) is 0.873. The van der Waals surface area contributed by atoms with Crippen molar-refractivity contribution in [3.8, 4) is 6.07 Å². The zero-order chi connectivity index (χ0) is 18.7. The van der Waals surface area contributed by atoms with Gasteiger partial charge >= 0.3 is 6.03 Å². The van der Waals surface area contributed by atoms with Crippen LogP contribution in [0.4, 0.5) is 19.3 Å². The molecule has 2 aromatic rings. The minimum atomic E-state index is -0.867. The number of rotatable bonds is 4. The van der Waals surface area contributed by atoms with Gasteiger partial charge in [0.1, 0.15) is 18.2 Å². The Morgan fingerprint density at radius 1 is 1.42 bits per heavy atom. The summed E-state index contributed by atoms with van der Waals surface area (Å²) in [4.78, 5) is 28.9. The molecular formula is C17H13F2N5O2. The first-order chi connectivity index (χ1) is 12.5. The van der Waals surface area contributed by atoms with E-state index in [0.29, 0.717) is 22.9 Å². The van der Waals surface area contributed by atoms with Crippen molar-refractivity contribution in [1.82, 2.24) is 15.2 Å². The third kappa shape index (κ3) is 3.59. The van der Waals surface area contributed by atoms with E-state index < -0.39 is 23.6 Å². The topological polar surface area (TPSA) is 98.1 Å². The molecule has 0 bridgehead atoms. The van der Waals surface area contributed by atoms with Crippen molar-refractivity contribution in [3.05, 3.63) is 58.9 Å². The van der Waals surface area contributed by atoms with Gasteiger partial charge in [0.25, 0.3) is 0 Å². The summed E-state index contributed by atoms with van der Waals surface area (Å²) >= 11 is 0. The van der Waals surface area contributed by atoms with Gasteiger partial charge in [-0.1, -0.05) is 6.07 Å². The molecular weight excluding hydrogens is 344 g/mol. The van der Waals surface area contributed by atoms with Gasteiger partial charge in [-0.2, -0.15) is 5.26 Å². The predicted octanol–water partition coefficient (Wildman–Crippen LogP) is 1.90. The number of fused-ring (bicyclic) bond motifs is 1. The number of carbonyl (C=O) groups is 2. The fourth-order valence-electron chi connectivity index (χ4n) is 2.55. The lowest BCUT2D eigenvalue weighted by Crippen LogP contribution is -2.44. The number of aromatic nitrogens is 1. The summed E-state index contributed by atoms with van der Waals surface area (Å²) in [5, 5.41) is 14.2. The molecule has 0 spiro atoms. The number of nitrogens with one attached hydrogen (secondary N) is 2. The van der Waals surface area contributed by atoms with Crippen LogP contribution in [-0.4, -0.2) is 28.4 Å². The molecule has 0 saturated carbocycles. The largest absolute Gasteiger partial charge is 0.349 e. The molecule has 132 valence electrons. The van der Waals surface area contributed by atoms with Gasteiger partial charge in [0.05, 0.1) is 36.6 Å². The van der Waals surface area contributed by atoms with Crippen LogP contribution in [0, 0.1) is 23.0 Å². The summed E-state index contributed by atoms with van der Waals surface area (Å²) in [7, 11) is 0. The van der Waals surface area contributed by atoms with E-state index in [9.17, 15) is 18.4 Å². The molecule has 0 saturated heterocycles. The van der Waals surface area contributed by atoms with Crippen molar-refractivity contribution in [2.45, 2.75) is 13.1 Å². The Morgan fingerprint density at radius 2 is 2.23 bits per heavy atom. The fraction of sp³-hybridized carbons (Fsp3) is 0.176. The summed E-state index contributed by atoms with van der Waals surface area (Å²) in [6.45, 7) is -0.421. The highest BCUT2D eigenvalue weighted by Crippen LogP contribution is 2.25. The smallest absolute Gasteiger partial charge is 0.322 e. The number of nitriles is 1. The first-order valence-electron chi connectivity index (χ1n) is 7.62. The van der Waals surface area contributed by atoms with Crippen LogP contribution in [0.2, 0.25) is 0 Å². The van der Waals surface area contributed by atoms with Crippen molar-refractivity contribution in [2.24, 2.45) is 0 Å². The lowest BCUT2D eigenvalue weighted by atomic mass is 10.0. The molecule has 9 heteroatoms. The molecule has 3 amide bonds. The van der Waals surface area contributed by atoms with Crippen LogP contribution in [-0.2, 0) is 17.9 Å². The summed E-state index contributed by atoms with van der Waals surface area (Å²) in [6, 6.07) is 7.19. The maximum Gasteiger partial charge on any atom is 0.322 e. The molecule has 1 aliphatic heterocycles. The number of benzene rings is 1. The number of hydrogen-bond donors (Lipinski definition) is 2. The zero-order valence-corrected chi connectivity index (χ0v) is 13.4. The minimum Gasteiger partial charge on any atom is -0.349 e. The molecule has 1 aromatic heterocycles. The van der Waals surface area contributed by atoms with Crippen molar-refractivity contribution in [1.29, 1.82) is 5.26 Å². The number of pyridine rings is 1. The molecule has 0 radical (unpaired) electrons. The first-order valence-corrected chi connectivity index (χ1v) is 7.62. The highest BCUT2D eigenvalue weighted by Gasteiger charge is 2.26. The van der Waals surface area contributed by atoms with E-state index in [1.54, 1.807) is 18.2 Å². The second-order valence-corrected chi connectivity index (χ2v) is 5.59. The Hall–Kier alpha value is -3.54. The number of urea groups is 1. The molecule has 1 aliphatic rings. The van der Waals surface area contributed by atoms with E-state index in [1.807, 2.05) is 6.07 Å². The van der Waals surface area contributed by atoms with Crippen molar-refractivity contribution < 1.29 is 18.4 Å². The standard InChI is InChI=1S/C17H13F2N5O2/c18-11-4-13(19)15(21-6-11)7-22-16(25)9-24-8-12-10(5-20)2-1-3-14(12)23-17(24)26/h1-4,6H,7-9H2,(H,22,25)(H,23,26). The second-order valence-electron chi connectivity index (χ2n) is 5.59. The average Bonchev–Trinajstić information content (AvgIpc) is 2.61. The van der Waals surface area contributed by atoms with Crippen molar-refractivity contribution in [3.63, 3.8) is 0 Å². The predicted molar refractivity (Wildman–Crippen MR) is 86.6 cm³/mol. The van der Waals surface area contributed by atoms with E-state index in [2.05, 4.69) is 15.6 Å². The maximum absolute atomic E-state index is 13.5. The van der Waals surface area contributed by atoms with E-state index in [4.69, 9.17) is 5.26 Å². The molecule has 3 rings (SSSR count). The third-order valence-electron chi connectivity index (χ3n) is 3.85. The van der Waals surface area contributed by atoms with Crippen LogP contribution in [0.3, 0.4) is 0 Å². The summed E-state index contributed by atoms with van der Waals surface area (Å²) in [5.74, 6) is -2.22. The monoisotopic (exact) mass is 357 g/mol. The summed E-state index contributed by atoms with van der Waals surface area (Å²) in [5.41, 5.74) is 1.45. The zero-order valence-electron chi connectivity index (χ0n) is 13.4. The van der Waals surface area contributed by atoms with Crippen LogP contribution >= 0.6 is 0 Å². The Bertz CT molecular complexity index is 926. The van der Waals surface area contributed by atoms with Crippen molar-refractivity contribution in [2.75, 3.05) is 11.9 Å². The summed E-state index contributed by atoms with van der Waals surface area (Å²) < 4.78 is 26.3. The third-order valence-corrected chi connectivity index (χ3v) is 3.85. The van der Waals surface area contributed by atoms with E-state index in [0.717, 1.165) is 6.20 Å². The van der Waals surface area contributed by atoms with Gasteiger partial charge in [0.2, 0.25) is 5.91 Å². The van der Waals surface area contributed by atoms with E-state index in [1.165, 1.54) is 4.90 Å². The molecule has 0 unspecified atom stereocenters. The number of carbonyl (C=O) groups excluding carboxylic acids is 2. The molecule has 0 aliphatic carbocycles. The fourth-order valence-corrected chi connectivity index (χ4v) is 2.55. The molecule has 0 fully saturated rings. The molecule has 1 aromatic carbocycles. The first kappa shape index (κ1) is 17.3. The Balaban J connectivity index is 1.64. The normalized spacial score (nSPS) is 12.8. The minimum absolute atomic E-state index is 0.0987. The van der Waals surface area contributed by atoms with Crippen LogP contribution < -0.4 is 10.6 Å². The highest BCUT2D eigenvalue weighted by molar-refractivity contribution is 5.95. The van der Waals surface area contributed by atoms with Crippen molar-refractivity contribution >= 4 is 17.6 Å². The van der Waals surface area contributed by atoms with E-state index in [-0.39, 0.29) is 25.3 Å². The van der Waals surface area contributed by atoms with Crippen LogP contribution in [0.1, 0.15) is 16.8 Å². The van der Waals surface area contributed by atoms with Crippen LogP contribution in [0.5, 0.6) is 0 Å². The van der Waals surface area contributed by atoms with Gasteiger partial charge in [-0.3, -0.25) is 9.78 Å². The second kappa shape index (κ2) is 7.14. The molecule has 26 heavy (non-hydrogen) atoms. The highest BCUT2D eigenvalue weighted by atomic mass is 19.1. The summed E-state index contributed by atoms with van der Waals surface area (Å²) in [6.07, 6.45) is 0.850. The number of nitrogens with zero attached hydrogens (tertiary/aromatic N) is 3. The molecule has 2 heterocycles. The van der Waals surface area contributed by atoms with Gasteiger partial charge < -0.3 is 15.5 Å². The SMILES string of the molecule is N#Cc1cccc2c1CN(CC(=O)NCc1ncc(F)cc1F)C(=O)N2. The number of anilines is 1. The number of amides is 3. The lowest BCUT2D eigenvalue weighted by Gasteiger charge is -2.29. The van der Waals surface area contributed by atoms with Gasteiger partial charge in [-0.25, -0.2) is 13.6 Å². The van der Waals surface area contributed by atoms with Gasteiger partial charge in [0.15, 0.2) is 0 Å². The van der Waals surface area contributed by atoms with E-state index >= 15 is 0 Å². The van der Waals surface area contributed by atoms with Gasteiger partial charge in [0, 0.05) is 17.3 Å². The van der Waals surface area contributed by atoms with Gasteiger partial charge in [-0.05, 0) is 12.1 Å². The number of hydrogen-bond acceptors (Lipinski definition) is 4. The number of halogens is 2. The molecule has 7 nitrogen and oxygen atoms in total. The Labute approximate surface area is 147 Å². The maximum atomic E-state index is 13.5. The van der Waals surface area contributed by atoms with Gasteiger partial charge in [-0.15, -0.1) is 0 Å². The van der Waals surface area contributed by atoms with Crippen LogP contribution in [0.25, 0.3) is 0 Å². The lowest BCUT2D eigenvalue weighted by molar-refractivity contribution is -0.121. The van der Waals surface area contributed by atoms with Crippen LogP contribution in [0.15, 0.2) is 30.5 Å². The Kier molecular flexibility index (Phi) is 4.75. The molecule has 0 atom stereocenters. The Morgan fingerprint density at radius 3 is 2.96 bits per heavy atom. The average molecular weight is 357 g/mol.